The first-order chi connectivity index (χ1) is 21.1. The number of pyridine rings is 1. The minimum atomic E-state index is -3.05. The molecule has 0 radical (unpaired) electrons. The second-order valence-electron chi connectivity index (χ2n) is 11.1. The van der Waals surface area contributed by atoms with Crippen LogP contribution in [0.2, 0.25) is 0 Å². The molecule has 0 spiro atoms. The largest absolute Gasteiger partial charge is 0.491 e. The zero-order valence-corrected chi connectivity index (χ0v) is 23.9. The molecular formula is C29H28F3N7O5. The number of methoxy groups -OCH3 is 1. The quantitative estimate of drug-likeness (QED) is 0.307. The number of amides is 1. The molecule has 6 heterocycles. The summed E-state index contributed by atoms with van der Waals surface area (Å²) in [7, 11) is 2.91. The van der Waals surface area contributed by atoms with Crippen molar-refractivity contribution in [3.63, 3.8) is 0 Å². The molecule has 5 aromatic rings. The highest BCUT2D eigenvalue weighted by molar-refractivity contribution is 6.14. The Kier molecular flexibility index (Phi) is 6.64. The lowest BCUT2D eigenvalue weighted by Gasteiger charge is -2.24. The van der Waals surface area contributed by atoms with Crippen LogP contribution in [0.15, 0.2) is 41.5 Å². The molecule has 3 aliphatic rings. The fraction of sp³-hybridized carbons (Fsp3) is 0.379. The molecule has 1 aliphatic carbocycles. The van der Waals surface area contributed by atoms with E-state index in [4.69, 9.17) is 14.2 Å². The number of H-pyrrole nitrogens is 1. The summed E-state index contributed by atoms with van der Waals surface area (Å²) in [6.07, 6.45) is 1.76. The van der Waals surface area contributed by atoms with Crippen molar-refractivity contribution in [2.24, 2.45) is 7.05 Å². The lowest BCUT2D eigenvalue weighted by molar-refractivity contribution is -0.0322. The number of aromatic nitrogens is 6. The third-order valence-corrected chi connectivity index (χ3v) is 8.39. The van der Waals surface area contributed by atoms with Gasteiger partial charge < -0.3 is 24.5 Å². The summed E-state index contributed by atoms with van der Waals surface area (Å²) in [6, 6.07) is 6.12. The van der Waals surface area contributed by atoms with Gasteiger partial charge in [-0.05, 0) is 37.5 Å². The maximum absolute atomic E-state index is 15.2. The zero-order chi connectivity index (χ0) is 30.9. The van der Waals surface area contributed by atoms with E-state index in [9.17, 15) is 18.4 Å². The van der Waals surface area contributed by atoms with E-state index >= 15 is 4.39 Å². The minimum Gasteiger partial charge on any atom is -0.491 e. The topological polar surface area (TPSA) is 130 Å². The molecule has 4 atom stereocenters. The predicted octanol–water partition coefficient (Wildman–Crippen LogP) is 4.51. The molecule has 0 unspecified atom stereocenters. The van der Waals surface area contributed by atoms with Crippen molar-refractivity contribution < 1.29 is 32.2 Å². The van der Waals surface area contributed by atoms with Gasteiger partial charge in [0.25, 0.3) is 0 Å². The molecular weight excluding hydrogens is 583 g/mol. The Bertz CT molecular complexity index is 1960. The molecule has 1 aromatic carbocycles. The molecule has 8 rings (SSSR count). The summed E-state index contributed by atoms with van der Waals surface area (Å²) in [6.45, 7) is -0.976. The highest BCUT2D eigenvalue weighted by Gasteiger charge is 2.40. The van der Waals surface area contributed by atoms with Gasteiger partial charge in [0.15, 0.2) is 0 Å². The van der Waals surface area contributed by atoms with Gasteiger partial charge in [0, 0.05) is 24.8 Å². The number of imidazole rings is 1. The van der Waals surface area contributed by atoms with Gasteiger partial charge in [-0.15, -0.1) is 5.10 Å². The Morgan fingerprint density at radius 2 is 2.00 bits per heavy atom. The SMILES string of the molecule is COC(=O)N[C@H]1C[C@H]2C[C@H]1O[C@H](C)COc1ccc(cc1)-c1c(-c3cn(C(F)F)nc3F)[nH]c3ncc4c(c13)n2c(=O)n4C. The average Bonchev–Trinajstić information content (AvgIpc) is 3.75. The highest BCUT2D eigenvalue weighted by Crippen LogP contribution is 2.44. The number of ether oxygens (including phenoxy) is 3. The van der Waals surface area contributed by atoms with Crippen LogP contribution in [0.1, 0.15) is 32.4 Å². The molecule has 15 heteroatoms. The Balaban J connectivity index is 1.54. The Morgan fingerprint density at radius 3 is 2.70 bits per heavy atom. The van der Waals surface area contributed by atoms with Gasteiger partial charge in [-0.1, -0.05) is 12.1 Å². The number of carbonyl (C=O) groups excluding carboxylic acids is 1. The van der Waals surface area contributed by atoms with Gasteiger partial charge in [-0.25, -0.2) is 19.3 Å². The number of hydrogen-bond donors (Lipinski definition) is 2. The maximum Gasteiger partial charge on any atom is 0.407 e. The standard InChI is InChI=1S/C29H28F3N7O5/c1-13-12-43-16-6-4-14(5-7-16)21-22-24-19(10-33-26(22)35-23(21)17-11-38(27(31)32)36-25(17)30)37(2)29(41)39(24)15-8-18(20(9-15)44-13)34-28(40)42-3/h4-7,10-11,13,15,18,20,27H,8-9,12H2,1-3H3,(H,33,35)(H,34,40)/t13-,15+,18+,20-/m1/s1. The van der Waals surface area contributed by atoms with Gasteiger partial charge >= 0.3 is 18.3 Å². The number of nitrogens with one attached hydrogen (secondary N) is 2. The molecule has 1 fully saturated rings. The van der Waals surface area contributed by atoms with Crippen molar-refractivity contribution in [3.8, 4) is 28.1 Å². The molecule has 2 N–H and O–H groups in total. The van der Waals surface area contributed by atoms with E-state index in [1.807, 2.05) is 6.92 Å². The van der Waals surface area contributed by atoms with Gasteiger partial charge in [0.05, 0.1) is 59.2 Å². The summed E-state index contributed by atoms with van der Waals surface area (Å²) in [5.74, 6) is -0.544. The molecule has 4 bridgehead atoms. The Morgan fingerprint density at radius 1 is 1.23 bits per heavy atom. The number of carbonyl (C=O) groups is 1. The Hall–Kier alpha value is -4.79. The summed E-state index contributed by atoms with van der Waals surface area (Å²) < 4.78 is 62.8. The van der Waals surface area contributed by atoms with Crippen LogP contribution in [0.4, 0.5) is 18.0 Å². The normalized spacial score (nSPS) is 21.6. The first kappa shape index (κ1) is 28.0. The number of aromatic amines is 1. The zero-order valence-electron chi connectivity index (χ0n) is 23.9. The second kappa shape index (κ2) is 10.4. The molecule has 44 heavy (non-hydrogen) atoms. The smallest absolute Gasteiger partial charge is 0.407 e. The first-order valence-corrected chi connectivity index (χ1v) is 14.0. The third kappa shape index (κ3) is 4.41. The van der Waals surface area contributed by atoms with Crippen molar-refractivity contribution in [1.29, 1.82) is 0 Å². The van der Waals surface area contributed by atoms with Crippen LogP contribution in [0, 0.1) is 5.95 Å². The summed E-state index contributed by atoms with van der Waals surface area (Å²) in [5, 5.41) is 6.72. The van der Waals surface area contributed by atoms with Gasteiger partial charge in [0.1, 0.15) is 18.0 Å². The fourth-order valence-electron chi connectivity index (χ4n) is 6.41. The van der Waals surface area contributed by atoms with Crippen LogP contribution in [-0.2, 0) is 16.5 Å². The number of rotatable bonds is 3. The fourth-order valence-corrected chi connectivity index (χ4v) is 6.41. The minimum absolute atomic E-state index is 0.178. The molecule has 1 amide bonds. The van der Waals surface area contributed by atoms with Crippen molar-refractivity contribution in [3.05, 3.63) is 53.1 Å². The van der Waals surface area contributed by atoms with Gasteiger partial charge in [-0.3, -0.25) is 9.13 Å². The maximum atomic E-state index is 15.2. The summed E-state index contributed by atoms with van der Waals surface area (Å²) >= 11 is 0. The van der Waals surface area contributed by atoms with Crippen molar-refractivity contribution in [2.45, 2.75) is 50.6 Å². The van der Waals surface area contributed by atoms with Crippen molar-refractivity contribution in [2.75, 3.05) is 13.7 Å². The van der Waals surface area contributed by atoms with Crippen LogP contribution in [-0.4, -0.2) is 66.9 Å². The number of halogens is 3. The number of fused-ring (bicyclic) bond motifs is 5. The second-order valence-corrected chi connectivity index (χ2v) is 11.1. The molecule has 1 saturated carbocycles. The van der Waals surface area contributed by atoms with Crippen LogP contribution < -0.4 is 15.7 Å². The van der Waals surface area contributed by atoms with Crippen molar-refractivity contribution in [1.82, 2.24) is 34.2 Å². The van der Waals surface area contributed by atoms with Gasteiger partial charge in [0.2, 0.25) is 5.95 Å². The van der Waals surface area contributed by atoms with E-state index in [0.29, 0.717) is 51.8 Å². The average molecular weight is 612 g/mol. The Labute approximate surface area is 247 Å². The molecule has 12 nitrogen and oxygen atoms in total. The van der Waals surface area contributed by atoms with E-state index in [2.05, 4.69) is 20.4 Å². The van der Waals surface area contributed by atoms with E-state index in [1.54, 1.807) is 42.1 Å². The number of hydrogen-bond acceptors (Lipinski definition) is 7. The molecule has 2 aliphatic heterocycles. The van der Waals surface area contributed by atoms with Crippen LogP contribution in [0.25, 0.3) is 44.5 Å². The van der Waals surface area contributed by atoms with Crippen molar-refractivity contribution >= 4 is 28.2 Å². The number of alkyl halides is 2. The van der Waals surface area contributed by atoms with Crippen LogP contribution >= 0.6 is 0 Å². The van der Waals surface area contributed by atoms with E-state index in [1.165, 1.54) is 11.7 Å². The molecule has 0 saturated heterocycles. The number of alkyl carbamates (subject to hydrolysis) is 1. The third-order valence-electron chi connectivity index (χ3n) is 8.39. The van der Waals surface area contributed by atoms with Crippen LogP contribution in [0.3, 0.4) is 0 Å². The molecule has 230 valence electrons. The summed E-state index contributed by atoms with van der Waals surface area (Å²) in [4.78, 5) is 33.8. The lowest BCUT2D eigenvalue weighted by Crippen LogP contribution is -2.42. The number of nitrogens with zero attached hydrogens (tertiary/aromatic N) is 5. The van der Waals surface area contributed by atoms with Gasteiger partial charge in [-0.2, -0.15) is 13.2 Å². The van der Waals surface area contributed by atoms with Crippen LogP contribution in [0.5, 0.6) is 5.75 Å². The number of benzene rings is 1. The lowest BCUT2D eigenvalue weighted by atomic mass is 9.99. The summed E-state index contributed by atoms with van der Waals surface area (Å²) in [5.41, 5.74) is 2.09. The predicted molar refractivity (Wildman–Crippen MR) is 152 cm³/mol. The molecule has 4 aromatic heterocycles. The first-order valence-electron chi connectivity index (χ1n) is 14.0. The van der Waals surface area contributed by atoms with E-state index in [-0.39, 0.29) is 34.3 Å². The van der Waals surface area contributed by atoms with E-state index in [0.717, 1.165) is 6.20 Å². The monoisotopic (exact) mass is 611 g/mol. The highest BCUT2D eigenvalue weighted by atomic mass is 19.3. The van der Waals surface area contributed by atoms with E-state index < -0.39 is 36.8 Å². The number of aryl methyl sites for hydroxylation is 1.